The zero-order valence-corrected chi connectivity index (χ0v) is 9.30. The molecule has 84 valence electrons. The number of benzene rings is 1. The normalized spacial score (nSPS) is 15.3. The molecule has 2 unspecified atom stereocenters. The molecule has 0 fully saturated rings. The molecule has 0 radical (unpaired) electrons. The fourth-order valence-corrected chi connectivity index (χ4v) is 1.60. The second-order valence-electron chi connectivity index (χ2n) is 4.00. The van der Waals surface area contributed by atoms with Crippen molar-refractivity contribution in [2.24, 2.45) is 0 Å². The third-order valence-corrected chi connectivity index (χ3v) is 2.24. The van der Waals surface area contributed by atoms with E-state index in [0.29, 0.717) is 13.1 Å². The number of likely N-dealkylation sites (N-methyl/N-ethyl adjacent to an activating group) is 1. The van der Waals surface area contributed by atoms with E-state index in [1.165, 1.54) is 0 Å². The van der Waals surface area contributed by atoms with Crippen molar-refractivity contribution in [3.63, 3.8) is 0 Å². The average molecular weight is 209 g/mol. The first-order chi connectivity index (χ1) is 7.09. The third kappa shape index (κ3) is 4.42. The minimum Gasteiger partial charge on any atom is -0.392 e. The van der Waals surface area contributed by atoms with E-state index in [4.69, 9.17) is 0 Å². The molecule has 0 bridgehead atoms. The summed E-state index contributed by atoms with van der Waals surface area (Å²) in [5.74, 6) is 0. The van der Waals surface area contributed by atoms with Crippen LogP contribution in [0.15, 0.2) is 30.3 Å². The molecule has 15 heavy (non-hydrogen) atoms. The third-order valence-electron chi connectivity index (χ3n) is 2.24. The fraction of sp³-hybridized carbons (Fsp3) is 0.500. The molecule has 2 N–H and O–H groups in total. The molecule has 0 heterocycles. The highest BCUT2D eigenvalue weighted by atomic mass is 16.3. The van der Waals surface area contributed by atoms with Gasteiger partial charge in [-0.15, -0.1) is 0 Å². The topological polar surface area (TPSA) is 43.7 Å². The van der Waals surface area contributed by atoms with Gasteiger partial charge >= 0.3 is 0 Å². The van der Waals surface area contributed by atoms with E-state index in [-0.39, 0.29) is 6.10 Å². The molecule has 0 saturated carbocycles. The Hall–Kier alpha value is -0.900. The zero-order valence-electron chi connectivity index (χ0n) is 9.30. The highest BCUT2D eigenvalue weighted by Gasteiger charge is 2.11. The molecular weight excluding hydrogens is 190 g/mol. The summed E-state index contributed by atoms with van der Waals surface area (Å²) in [5, 5.41) is 19.1. The quantitative estimate of drug-likeness (QED) is 0.761. The van der Waals surface area contributed by atoms with Gasteiger partial charge in [0.2, 0.25) is 0 Å². The van der Waals surface area contributed by atoms with E-state index in [9.17, 15) is 10.2 Å². The van der Waals surface area contributed by atoms with Crippen LogP contribution in [0.3, 0.4) is 0 Å². The molecule has 0 aliphatic heterocycles. The van der Waals surface area contributed by atoms with Crippen LogP contribution >= 0.6 is 0 Å². The first-order valence-electron chi connectivity index (χ1n) is 5.19. The van der Waals surface area contributed by atoms with Crippen LogP contribution in [0.5, 0.6) is 0 Å². The molecule has 0 saturated heterocycles. The zero-order chi connectivity index (χ0) is 11.3. The summed E-state index contributed by atoms with van der Waals surface area (Å²) in [6.45, 7) is 2.85. The maximum Gasteiger partial charge on any atom is 0.0916 e. The monoisotopic (exact) mass is 209 g/mol. The van der Waals surface area contributed by atoms with Gasteiger partial charge < -0.3 is 15.1 Å². The van der Waals surface area contributed by atoms with Crippen molar-refractivity contribution in [2.75, 3.05) is 20.1 Å². The Labute approximate surface area is 91.0 Å². The minimum absolute atomic E-state index is 0.363. The number of aliphatic hydroxyl groups excluding tert-OH is 2. The second-order valence-corrected chi connectivity index (χ2v) is 4.00. The van der Waals surface area contributed by atoms with Crippen molar-refractivity contribution in [1.82, 2.24) is 4.90 Å². The number of hydrogen-bond donors (Lipinski definition) is 2. The lowest BCUT2D eigenvalue weighted by Gasteiger charge is -2.21. The smallest absolute Gasteiger partial charge is 0.0916 e. The van der Waals surface area contributed by atoms with Crippen LogP contribution < -0.4 is 0 Å². The molecule has 0 aromatic heterocycles. The van der Waals surface area contributed by atoms with Gasteiger partial charge in [0.05, 0.1) is 12.2 Å². The average Bonchev–Trinajstić information content (AvgIpc) is 2.17. The summed E-state index contributed by atoms with van der Waals surface area (Å²) >= 11 is 0. The molecule has 1 aromatic rings. The largest absolute Gasteiger partial charge is 0.392 e. The number of nitrogens with zero attached hydrogens (tertiary/aromatic N) is 1. The van der Waals surface area contributed by atoms with Crippen LogP contribution in [0.4, 0.5) is 0 Å². The Balaban J connectivity index is 2.45. The Morgan fingerprint density at radius 3 is 2.27 bits per heavy atom. The Kier molecular flexibility index (Phi) is 4.75. The van der Waals surface area contributed by atoms with Crippen molar-refractivity contribution in [1.29, 1.82) is 0 Å². The maximum absolute atomic E-state index is 9.88. The molecule has 2 atom stereocenters. The number of hydrogen-bond acceptors (Lipinski definition) is 3. The van der Waals surface area contributed by atoms with Gasteiger partial charge in [0.25, 0.3) is 0 Å². The van der Waals surface area contributed by atoms with Crippen molar-refractivity contribution >= 4 is 0 Å². The lowest BCUT2D eigenvalue weighted by atomic mass is 10.1. The summed E-state index contributed by atoms with van der Waals surface area (Å²) in [4.78, 5) is 1.92. The van der Waals surface area contributed by atoms with E-state index in [1.807, 2.05) is 42.3 Å². The first-order valence-corrected chi connectivity index (χ1v) is 5.19. The van der Waals surface area contributed by atoms with Gasteiger partial charge in [0.15, 0.2) is 0 Å². The number of rotatable bonds is 5. The van der Waals surface area contributed by atoms with Crippen LogP contribution in [0, 0.1) is 0 Å². The lowest BCUT2D eigenvalue weighted by molar-refractivity contribution is 0.0907. The van der Waals surface area contributed by atoms with Crippen molar-refractivity contribution in [2.45, 2.75) is 19.1 Å². The predicted octanol–water partition coefficient (Wildman–Crippen LogP) is 1.03. The van der Waals surface area contributed by atoms with E-state index < -0.39 is 6.10 Å². The van der Waals surface area contributed by atoms with Gasteiger partial charge in [0, 0.05) is 13.1 Å². The summed E-state index contributed by atoms with van der Waals surface area (Å²) in [6.07, 6.45) is -0.854. The van der Waals surface area contributed by atoms with E-state index in [2.05, 4.69) is 0 Å². The Morgan fingerprint density at radius 2 is 1.73 bits per heavy atom. The molecule has 0 aliphatic rings. The minimum atomic E-state index is -0.491. The van der Waals surface area contributed by atoms with Gasteiger partial charge in [-0.05, 0) is 19.5 Å². The van der Waals surface area contributed by atoms with Gasteiger partial charge in [-0.25, -0.2) is 0 Å². The van der Waals surface area contributed by atoms with Crippen LogP contribution in [0.25, 0.3) is 0 Å². The first kappa shape index (κ1) is 12.2. The van der Waals surface area contributed by atoms with E-state index >= 15 is 0 Å². The van der Waals surface area contributed by atoms with Crippen molar-refractivity contribution in [3.8, 4) is 0 Å². The summed E-state index contributed by atoms with van der Waals surface area (Å²) in [5.41, 5.74) is 0.912. The second kappa shape index (κ2) is 5.85. The maximum atomic E-state index is 9.88. The Morgan fingerprint density at radius 1 is 1.13 bits per heavy atom. The van der Waals surface area contributed by atoms with E-state index in [0.717, 1.165) is 5.56 Å². The molecule has 1 aromatic carbocycles. The molecular formula is C12H19NO2. The van der Waals surface area contributed by atoms with Crippen molar-refractivity contribution < 1.29 is 10.2 Å². The summed E-state index contributed by atoms with van der Waals surface area (Å²) in [7, 11) is 1.89. The summed E-state index contributed by atoms with van der Waals surface area (Å²) in [6, 6.07) is 9.55. The van der Waals surface area contributed by atoms with Gasteiger partial charge in [-0.2, -0.15) is 0 Å². The molecule has 0 spiro atoms. The molecule has 0 amide bonds. The fourth-order valence-electron chi connectivity index (χ4n) is 1.60. The SMILES string of the molecule is CC(O)CN(C)CC(O)c1ccccc1. The van der Waals surface area contributed by atoms with Gasteiger partial charge in [-0.1, -0.05) is 30.3 Å². The molecule has 1 rings (SSSR count). The number of aliphatic hydroxyl groups is 2. The molecule has 3 heteroatoms. The molecule has 0 aliphatic carbocycles. The Bertz CT molecular complexity index is 274. The van der Waals surface area contributed by atoms with Crippen LogP contribution in [0.2, 0.25) is 0 Å². The van der Waals surface area contributed by atoms with Crippen LogP contribution in [-0.2, 0) is 0 Å². The van der Waals surface area contributed by atoms with Gasteiger partial charge in [-0.3, -0.25) is 0 Å². The highest BCUT2D eigenvalue weighted by molar-refractivity contribution is 5.17. The highest BCUT2D eigenvalue weighted by Crippen LogP contribution is 2.12. The van der Waals surface area contributed by atoms with Crippen LogP contribution in [0.1, 0.15) is 18.6 Å². The predicted molar refractivity (Wildman–Crippen MR) is 60.6 cm³/mol. The van der Waals surface area contributed by atoms with Gasteiger partial charge in [0.1, 0.15) is 0 Å². The van der Waals surface area contributed by atoms with Crippen LogP contribution in [-0.4, -0.2) is 41.4 Å². The molecule has 3 nitrogen and oxygen atoms in total. The lowest BCUT2D eigenvalue weighted by Crippen LogP contribution is -2.31. The van der Waals surface area contributed by atoms with E-state index in [1.54, 1.807) is 6.92 Å². The standard InChI is InChI=1S/C12H19NO2/c1-10(14)8-13(2)9-12(15)11-6-4-3-5-7-11/h3-7,10,12,14-15H,8-9H2,1-2H3. The van der Waals surface area contributed by atoms with Crippen molar-refractivity contribution in [3.05, 3.63) is 35.9 Å². The summed E-state index contributed by atoms with van der Waals surface area (Å²) < 4.78 is 0.